The first kappa shape index (κ1) is 17.9. The first-order valence-electron chi connectivity index (χ1n) is 7.82. The van der Waals surface area contributed by atoms with Gasteiger partial charge in [-0.2, -0.15) is 0 Å². The molecule has 0 spiro atoms. The highest BCUT2D eigenvalue weighted by molar-refractivity contribution is 5.54. The predicted molar refractivity (Wildman–Crippen MR) is 87.1 cm³/mol. The number of aliphatic hydroxyl groups excluding tert-OH is 1. The van der Waals surface area contributed by atoms with E-state index < -0.39 is 0 Å². The predicted octanol–water partition coefficient (Wildman–Crippen LogP) is 3.17. The van der Waals surface area contributed by atoms with E-state index in [1.165, 1.54) is 6.07 Å². The van der Waals surface area contributed by atoms with Crippen molar-refractivity contribution in [3.63, 3.8) is 0 Å². The lowest BCUT2D eigenvalue weighted by atomic mass is 10.1. The number of hydrogen-bond acceptors (Lipinski definition) is 3. The van der Waals surface area contributed by atoms with E-state index in [1.54, 1.807) is 6.07 Å². The molecule has 1 rings (SSSR count). The molecule has 4 heteroatoms. The number of nitrogens with one attached hydrogen (secondary N) is 1. The third kappa shape index (κ3) is 6.02. The molecule has 0 aliphatic carbocycles. The van der Waals surface area contributed by atoms with Crippen molar-refractivity contribution in [3.05, 3.63) is 29.6 Å². The van der Waals surface area contributed by atoms with E-state index in [0.29, 0.717) is 24.9 Å². The Morgan fingerprint density at radius 3 is 2.52 bits per heavy atom. The van der Waals surface area contributed by atoms with E-state index in [1.807, 2.05) is 6.07 Å². The van der Waals surface area contributed by atoms with Crippen molar-refractivity contribution in [1.82, 2.24) is 5.32 Å². The maximum Gasteiger partial charge on any atom is 0.123 e. The largest absolute Gasteiger partial charge is 0.396 e. The topological polar surface area (TPSA) is 35.5 Å². The van der Waals surface area contributed by atoms with Gasteiger partial charge in [0.2, 0.25) is 0 Å². The summed E-state index contributed by atoms with van der Waals surface area (Å²) < 4.78 is 13.6. The first-order valence-corrected chi connectivity index (χ1v) is 7.82. The zero-order valence-electron chi connectivity index (χ0n) is 13.7. The van der Waals surface area contributed by atoms with E-state index in [4.69, 9.17) is 5.11 Å². The number of rotatable bonds is 9. The van der Waals surface area contributed by atoms with Gasteiger partial charge >= 0.3 is 0 Å². The summed E-state index contributed by atoms with van der Waals surface area (Å²) in [6.07, 6.45) is 0.717. The van der Waals surface area contributed by atoms with Gasteiger partial charge in [-0.25, -0.2) is 4.39 Å². The van der Waals surface area contributed by atoms with Crippen LogP contribution in [0.15, 0.2) is 18.2 Å². The van der Waals surface area contributed by atoms with Crippen molar-refractivity contribution in [2.24, 2.45) is 5.92 Å². The second-order valence-corrected chi connectivity index (χ2v) is 6.16. The molecule has 2 N–H and O–H groups in total. The summed E-state index contributed by atoms with van der Waals surface area (Å²) in [5, 5.41) is 12.4. The lowest BCUT2D eigenvalue weighted by Gasteiger charge is -2.31. The average Bonchev–Trinajstić information content (AvgIpc) is 2.40. The van der Waals surface area contributed by atoms with Crippen molar-refractivity contribution < 1.29 is 9.50 Å². The van der Waals surface area contributed by atoms with E-state index >= 15 is 0 Å². The summed E-state index contributed by atoms with van der Waals surface area (Å²) in [4.78, 5) is 2.22. The molecule has 21 heavy (non-hydrogen) atoms. The first-order chi connectivity index (χ1) is 9.95. The molecule has 120 valence electrons. The highest BCUT2D eigenvalue weighted by atomic mass is 19.1. The molecule has 0 bridgehead atoms. The third-order valence-electron chi connectivity index (χ3n) is 3.40. The van der Waals surface area contributed by atoms with Crippen molar-refractivity contribution >= 4 is 5.69 Å². The highest BCUT2D eigenvalue weighted by Crippen LogP contribution is 2.24. The molecule has 0 unspecified atom stereocenters. The molecule has 1 aromatic rings. The molecule has 0 aliphatic heterocycles. The lowest BCUT2D eigenvalue weighted by molar-refractivity contribution is 0.288. The van der Waals surface area contributed by atoms with Gasteiger partial charge in [-0.05, 0) is 56.5 Å². The van der Waals surface area contributed by atoms with Crippen molar-refractivity contribution in [3.8, 4) is 0 Å². The molecule has 0 atom stereocenters. The van der Waals surface area contributed by atoms with Crippen molar-refractivity contribution in [2.45, 2.75) is 46.7 Å². The quantitative estimate of drug-likeness (QED) is 0.735. The van der Waals surface area contributed by atoms with E-state index in [-0.39, 0.29) is 12.4 Å². The molecule has 0 saturated carbocycles. The van der Waals surface area contributed by atoms with Crippen molar-refractivity contribution in [1.29, 1.82) is 0 Å². The van der Waals surface area contributed by atoms with E-state index in [9.17, 15) is 4.39 Å². The maximum atomic E-state index is 13.6. The van der Waals surface area contributed by atoms with Crippen LogP contribution in [-0.2, 0) is 6.54 Å². The van der Waals surface area contributed by atoms with Gasteiger partial charge in [-0.15, -0.1) is 0 Å². The molecule has 0 saturated heterocycles. The number of aliphatic hydroxyl groups is 1. The van der Waals surface area contributed by atoms with Gasteiger partial charge in [0.15, 0.2) is 0 Å². The van der Waals surface area contributed by atoms with Crippen LogP contribution in [0.3, 0.4) is 0 Å². The zero-order valence-corrected chi connectivity index (χ0v) is 13.7. The molecule has 0 amide bonds. The number of anilines is 1. The molecule has 0 heterocycles. The average molecular weight is 296 g/mol. The van der Waals surface area contributed by atoms with Crippen LogP contribution in [0.25, 0.3) is 0 Å². The Balaban J connectivity index is 2.91. The Bertz CT molecular complexity index is 421. The summed E-state index contributed by atoms with van der Waals surface area (Å²) in [5.41, 5.74) is 2.03. The van der Waals surface area contributed by atoms with E-state index in [0.717, 1.165) is 24.3 Å². The fourth-order valence-electron chi connectivity index (χ4n) is 2.37. The van der Waals surface area contributed by atoms with Gasteiger partial charge in [0.1, 0.15) is 5.82 Å². The SMILES string of the molecule is CC(C)CNCc1cc(F)ccc1N(CCCO)C(C)C. The molecule has 3 nitrogen and oxygen atoms in total. The Kier molecular flexibility index (Phi) is 7.68. The van der Waals surface area contributed by atoms with Gasteiger partial charge in [-0.1, -0.05) is 13.8 Å². The highest BCUT2D eigenvalue weighted by Gasteiger charge is 2.15. The van der Waals surface area contributed by atoms with Gasteiger partial charge < -0.3 is 15.3 Å². The zero-order chi connectivity index (χ0) is 15.8. The second kappa shape index (κ2) is 9.00. The van der Waals surface area contributed by atoms with Gasteiger partial charge in [-0.3, -0.25) is 0 Å². The summed E-state index contributed by atoms with van der Waals surface area (Å²) in [5.74, 6) is 0.364. The second-order valence-electron chi connectivity index (χ2n) is 6.16. The molecule has 0 aromatic heterocycles. The van der Waals surface area contributed by atoms with Crippen LogP contribution < -0.4 is 10.2 Å². The van der Waals surface area contributed by atoms with Crippen LogP contribution >= 0.6 is 0 Å². The monoisotopic (exact) mass is 296 g/mol. The van der Waals surface area contributed by atoms with Crippen LogP contribution in [0, 0.1) is 11.7 Å². The summed E-state index contributed by atoms with van der Waals surface area (Å²) in [7, 11) is 0. The summed E-state index contributed by atoms with van der Waals surface area (Å²) in [6, 6.07) is 5.27. The van der Waals surface area contributed by atoms with Crippen LogP contribution in [-0.4, -0.2) is 30.8 Å². The Labute approximate surface area is 128 Å². The molecule has 0 radical (unpaired) electrons. The molecule has 0 fully saturated rings. The standard InChI is InChI=1S/C17H29FN2O/c1-13(2)11-19-12-15-10-16(18)6-7-17(15)20(14(3)4)8-5-9-21/h6-7,10,13-14,19,21H,5,8-9,11-12H2,1-4H3. The molecule has 1 aromatic carbocycles. The number of benzene rings is 1. The summed E-state index contributed by atoms with van der Waals surface area (Å²) in [6.45, 7) is 11.1. The van der Waals surface area contributed by atoms with E-state index in [2.05, 4.69) is 37.9 Å². The summed E-state index contributed by atoms with van der Waals surface area (Å²) >= 11 is 0. The Hall–Kier alpha value is -1.13. The van der Waals surface area contributed by atoms with Crippen LogP contribution in [0.1, 0.15) is 39.7 Å². The maximum absolute atomic E-state index is 13.6. The number of nitrogens with zero attached hydrogens (tertiary/aromatic N) is 1. The smallest absolute Gasteiger partial charge is 0.123 e. The minimum absolute atomic E-state index is 0.172. The van der Waals surface area contributed by atoms with Gasteiger partial charge in [0.25, 0.3) is 0 Å². The number of halogens is 1. The van der Waals surface area contributed by atoms with Crippen LogP contribution in [0.2, 0.25) is 0 Å². The molecule has 0 aliphatic rings. The normalized spacial score (nSPS) is 11.4. The van der Waals surface area contributed by atoms with Crippen LogP contribution in [0.4, 0.5) is 10.1 Å². The lowest BCUT2D eigenvalue weighted by Crippen LogP contribution is -2.33. The van der Waals surface area contributed by atoms with Gasteiger partial charge in [0.05, 0.1) is 0 Å². The minimum atomic E-state index is -0.203. The molecular formula is C17H29FN2O. The third-order valence-corrected chi connectivity index (χ3v) is 3.40. The minimum Gasteiger partial charge on any atom is -0.396 e. The molecular weight excluding hydrogens is 267 g/mol. The Morgan fingerprint density at radius 2 is 1.95 bits per heavy atom. The van der Waals surface area contributed by atoms with Crippen molar-refractivity contribution in [2.75, 3.05) is 24.6 Å². The fourth-order valence-corrected chi connectivity index (χ4v) is 2.37. The Morgan fingerprint density at radius 1 is 1.24 bits per heavy atom. The van der Waals surface area contributed by atoms with Crippen LogP contribution in [0.5, 0.6) is 0 Å². The number of hydrogen-bond donors (Lipinski definition) is 2. The fraction of sp³-hybridized carbons (Fsp3) is 0.647. The van der Waals surface area contributed by atoms with Gasteiger partial charge in [0, 0.05) is 31.4 Å².